The van der Waals surface area contributed by atoms with Crippen LogP contribution in [0.15, 0.2) is 12.1 Å². The molecule has 0 heterocycles. The first-order chi connectivity index (χ1) is 5.69. The van der Waals surface area contributed by atoms with E-state index in [1.54, 1.807) is 12.1 Å². The molecular formula is C10H11NO. The summed E-state index contributed by atoms with van der Waals surface area (Å²) in [6.07, 6.45) is 0.760. The molecule has 0 aliphatic carbocycles. The van der Waals surface area contributed by atoms with E-state index in [9.17, 15) is 5.11 Å². The summed E-state index contributed by atoms with van der Waals surface area (Å²) in [5.74, 6) is 0.324. The molecule has 0 amide bonds. The van der Waals surface area contributed by atoms with Gasteiger partial charge in [0.1, 0.15) is 5.75 Å². The molecule has 2 heteroatoms. The molecule has 1 N–H and O–H groups in total. The topological polar surface area (TPSA) is 24.6 Å². The van der Waals surface area contributed by atoms with E-state index in [2.05, 4.69) is 4.85 Å². The SMILES string of the molecule is [C-]#[N+]c1cc(C)c(O)c(CC)c1. The Labute approximate surface area is 72.3 Å². The fraction of sp³-hybridized carbons (Fsp3) is 0.300. The van der Waals surface area contributed by atoms with Crippen LogP contribution in [-0.4, -0.2) is 5.11 Å². The molecule has 0 spiro atoms. The van der Waals surface area contributed by atoms with Gasteiger partial charge in [-0.3, -0.25) is 0 Å². The van der Waals surface area contributed by atoms with E-state index in [1.807, 2.05) is 13.8 Å². The highest BCUT2D eigenvalue weighted by Gasteiger charge is 2.04. The highest BCUT2D eigenvalue weighted by atomic mass is 16.3. The van der Waals surface area contributed by atoms with Gasteiger partial charge in [0.05, 0.1) is 6.57 Å². The predicted molar refractivity (Wildman–Crippen MR) is 48.5 cm³/mol. The van der Waals surface area contributed by atoms with Gasteiger partial charge < -0.3 is 5.11 Å². The highest BCUT2D eigenvalue weighted by Crippen LogP contribution is 2.28. The van der Waals surface area contributed by atoms with Gasteiger partial charge in [-0.15, -0.1) is 0 Å². The normalized spacial score (nSPS) is 9.42. The van der Waals surface area contributed by atoms with E-state index in [0.29, 0.717) is 11.4 Å². The number of benzene rings is 1. The van der Waals surface area contributed by atoms with Crippen molar-refractivity contribution in [1.29, 1.82) is 0 Å². The second-order valence-corrected chi connectivity index (χ2v) is 2.74. The van der Waals surface area contributed by atoms with E-state index in [-0.39, 0.29) is 0 Å². The molecule has 0 unspecified atom stereocenters. The van der Waals surface area contributed by atoms with Gasteiger partial charge in [-0.25, -0.2) is 4.85 Å². The van der Waals surface area contributed by atoms with Crippen LogP contribution in [0, 0.1) is 13.5 Å². The zero-order valence-electron chi connectivity index (χ0n) is 7.26. The van der Waals surface area contributed by atoms with Crippen molar-refractivity contribution >= 4 is 5.69 Å². The van der Waals surface area contributed by atoms with Crippen molar-refractivity contribution in [2.45, 2.75) is 20.3 Å². The van der Waals surface area contributed by atoms with Gasteiger partial charge in [0.2, 0.25) is 0 Å². The summed E-state index contributed by atoms with van der Waals surface area (Å²) in [6.45, 7) is 10.6. The monoisotopic (exact) mass is 161 g/mol. The number of aromatic hydroxyl groups is 1. The number of phenols is 1. The molecule has 0 aliphatic rings. The van der Waals surface area contributed by atoms with Crippen molar-refractivity contribution in [1.82, 2.24) is 0 Å². The third kappa shape index (κ3) is 1.40. The van der Waals surface area contributed by atoms with Crippen molar-refractivity contribution < 1.29 is 5.11 Å². The van der Waals surface area contributed by atoms with Gasteiger partial charge in [0.25, 0.3) is 0 Å². The second kappa shape index (κ2) is 3.27. The molecule has 0 saturated heterocycles. The predicted octanol–water partition coefficient (Wildman–Crippen LogP) is 2.81. The van der Waals surface area contributed by atoms with E-state index in [4.69, 9.17) is 6.57 Å². The van der Waals surface area contributed by atoms with Gasteiger partial charge in [-0.1, -0.05) is 6.92 Å². The number of phenolic OH excluding ortho intramolecular Hbond substituents is 1. The van der Waals surface area contributed by atoms with Gasteiger partial charge in [0.15, 0.2) is 5.69 Å². The Kier molecular flexibility index (Phi) is 2.35. The number of nitrogens with zero attached hydrogens (tertiary/aromatic N) is 1. The van der Waals surface area contributed by atoms with Crippen LogP contribution in [0.25, 0.3) is 4.85 Å². The molecule has 0 bridgehead atoms. The molecule has 62 valence electrons. The highest BCUT2D eigenvalue weighted by molar-refractivity contribution is 5.55. The molecule has 1 aromatic rings. The van der Waals surface area contributed by atoms with Crippen molar-refractivity contribution in [3.05, 3.63) is 34.7 Å². The van der Waals surface area contributed by atoms with Crippen LogP contribution < -0.4 is 0 Å². The summed E-state index contributed by atoms with van der Waals surface area (Å²) in [6, 6.07) is 3.43. The second-order valence-electron chi connectivity index (χ2n) is 2.74. The molecule has 12 heavy (non-hydrogen) atoms. The lowest BCUT2D eigenvalue weighted by atomic mass is 10.1. The maximum Gasteiger partial charge on any atom is 0.188 e. The molecule has 0 aromatic heterocycles. The molecule has 1 rings (SSSR count). The summed E-state index contributed by atoms with van der Waals surface area (Å²) in [7, 11) is 0. The third-order valence-electron chi connectivity index (χ3n) is 1.87. The minimum Gasteiger partial charge on any atom is -0.508 e. The smallest absolute Gasteiger partial charge is 0.188 e. The van der Waals surface area contributed by atoms with Crippen LogP contribution in [0.1, 0.15) is 18.1 Å². The van der Waals surface area contributed by atoms with Crippen LogP contribution in [0.2, 0.25) is 0 Å². The lowest BCUT2D eigenvalue weighted by Crippen LogP contribution is -1.83. The fourth-order valence-corrected chi connectivity index (χ4v) is 1.17. The molecule has 0 fully saturated rings. The molecule has 1 aromatic carbocycles. The Morgan fingerprint density at radius 3 is 2.67 bits per heavy atom. The molecule has 0 aliphatic heterocycles. The first-order valence-corrected chi connectivity index (χ1v) is 3.89. The van der Waals surface area contributed by atoms with Crippen LogP contribution in [0.4, 0.5) is 5.69 Å². The first-order valence-electron chi connectivity index (χ1n) is 3.89. The summed E-state index contributed by atoms with van der Waals surface area (Å²) in [5.41, 5.74) is 2.23. The average Bonchev–Trinajstić information content (AvgIpc) is 2.09. The van der Waals surface area contributed by atoms with E-state index < -0.39 is 0 Å². The zero-order valence-corrected chi connectivity index (χ0v) is 7.26. The van der Waals surface area contributed by atoms with Crippen molar-refractivity contribution in [2.24, 2.45) is 0 Å². The molecule has 0 radical (unpaired) electrons. The molecule has 0 saturated carbocycles. The largest absolute Gasteiger partial charge is 0.508 e. The van der Waals surface area contributed by atoms with E-state index in [0.717, 1.165) is 17.5 Å². The summed E-state index contributed by atoms with van der Waals surface area (Å²) in [5, 5.41) is 9.51. The third-order valence-corrected chi connectivity index (χ3v) is 1.87. The fourth-order valence-electron chi connectivity index (χ4n) is 1.17. The Hall–Kier alpha value is -1.49. The maximum atomic E-state index is 9.51. The van der Waals surface area contributed by atoms with Gasteiger partial charge >= 0.3 is 0 Å². The number of hydrogen-bond donors (Lipinski definition) is 1. The van der Waals surface area contributed by atoms with E-state index in [1.165, 1.54) is 0 Å². The minimum absolute atomic E-state index is 0.324. The standard InChI is InChI=1S/C10H11NO/c1-4-8-6-9(11-3)5-7(2)10(8)12/h5-6,12H,4H2,1-2H3. The molecule has 2 nitrogen and oxygen atoms in total. The van der Waals surface area contributed by atoms with Crippen LogP contribution in [0.5, 0.6) is 5.75 Å². The Morgan fingerprint density at radius 1 is 1.50 bits per heavy atom. The quantitative estimate of drug-likeness (QED) is 0.629. The number of hydrogen-bond acceptors (Lipinski definition) is 1. The summed E-state index contributed by atoms with van der Waals surface area (Å²) < 4.78 is 0. The number of rotatable bonds is 1. The van der Waals surface area contributed by atoms with Crippen molar-refractivity contribution in [3.63, 3.8) is 0 Å². The van der Waals surface area contributed by atoms with Crippen LogP contribution in [0.3, 0.4) is 0 Å². The first kappa shape index (κ1) is 8.61. The minimum atomic E-state index is 0.324. The number of aryl methyl sites for hydroxylation is 2. The van der Waals surface area contributed by atoms with Crippen LogP contribution >= 0.6 is 0 Å². The van der Waals surface area contributed by atoms with Crippen molar-refractivity contribution in [3.8, 4) is 5.75 Å². The van der Waals surface area contributed by atoms with Crippen molar-refractivity contribution in [2.75, 3.05) is 0 Å². The van der Waals surface area contributed by atoms with Crippen LogP contribution in [-0.2, 0) is 6.42 Å². The van der Waals surface area contributed by atoms with E-state index >= 15 is 0 Å². The maximum absolute atomic E-state index is 9.51. The lowest BCUT2D eigenvalue weighted by Gasteiger charge is -2.05. The average molecular weight is 161 g/mol. The summed E-state index contributed by atoms with van der Waals surface area (Å²) in [4.78, 5) is 3.32. The summed E-state index contributed by atoms with van der Waals surface area (Å²) >= 11 is 0. The van der Waals surface area contributed by atoms with Gasteiger partial charge in [-0.2, -0.15) is 0 Å². The Morgan fingerprint density at radius 2 is 2.17 bits per heavy atom. The van der Waals surface area contributed by atoms with Gasteiger partial charge in [0, 0.05) is 0 Å². The lowest BCUT2D eigenvalue weighted by molar-refractivity contribution is 0.465. The van der Waals surface area contributed by atoms with Gasteiger partial charge in [-0.05, 0) is 36.6 Å². The Balaban J connectivity index is 3.31. The zero-order chi connectivity index (χ0) is 9.14. The Bertz CT molecular complexity index is 336. The molecular weight excluding hydrogens is 150 g/mol. The molecule has 0 atom stereocenters.